The highest BCUT2D eigenvalue weighted by Crippen LogP contribution is 2.33. The average molecular weight is 409 g/mol. The Bertz CT molecular complexity index is 1280. The SMILES string of the molecule is CC(=O)N1CCc2cc(NC(C(=O)c3c[nH]c4ccccc34)c3ccccc3)ccc21. The Labute approximate surface area is 180 Å². The molecule has 1 aliphatic rings. The number of hydrogen-bond donors (Lipinski definition) is 2. The third-order valence-electron chi connectivity index (χ3n) is 5.92. The fourth-order valence-corrected chi connectivity index (χ4v) is 4.36. The summed E-state index contributed by atoms with van der Waals surface area (Å²) in [6.07, 6.45) is 2.61. The summed E-state index contributed by atoms with van der Waals surface area (Å²) < 4.78 is 0. The number of rotatable bonds is 5. The maximum Gasteiger partial charge on any atom is 0.223 e. The number of nitrogens with zero attached hydrogens (tertiary/aromatic N) is 1. The van der Waals surface area contributed by atoms with E-state index in [2.05, 4.69) is 16.4 Å². The number of hydrogen-bond acceptors (Lipinski definition) is 3. The minimum atomic E-state index is -0.524. The molecule has 2 N–H and O–H groups in total. The zero-order chi connectivity index (χ0) is 21.4. The van der Waals surface area contributed by atoms with Crippen molar-refractivity contribution >= 4 is 34.0 Å². The smallest absolute Gasteiger partial charge is 0.223 e. The van der Waals surface area contributed by atoms with Crippen molar-refractivity contribution in [2.45, 2.75) is 19.4 Å². The number of H-pyrrole nitrogens is 1. The number of aromatic nitrogens is 1. The fraction of sp³-hybridized carbons (Fsp3) is 0.154. The van der Waals surface area contributed by atoms with Gasteiger partial charge in [0.25, 0.3) is 0 Å². The molecular weight excluding hydrogens is 386 g/mol. The van der Waals surface area contributed by atoms with E-state index in [9.17, 15) is 9.59 Å². The van der Waals surface area contributed by atoms with Crippen LogP contribution < -0.4 is 10.2 Å². The molecule has 0 saturated carbocycles. The van der Waals surface area contributed by atoms with Crippen LogP contribution in [0.15, 0.2) is 79.0 Å². The van der Waals surface area contributed by atoms with E-state index in [0.717, 1.165) is 39.8 Å². The lowest BCUT2D eigenvalue weighted by atomic mass is 9.96. The van der Waals surface area contributed by atoms with Gasteiger partial charge in [-0.05, 0) is 41.8 Å². The van der Waals surface area contributed by atoms with E-state index in [1.165, 1.54) is 0 Å². The van der Waals surface area contributed by atoms with Crippen LogP contribution in [0.3, 0.4) is 0 Å². The number of carbonyl (C=O) groups is 2. The first-order valence-corrected chi connectivity index (χ1v) is 10.4. The van der Waals surface area contributed by atoms with Gasteiger partial charge < -0.3 is 15.2 Å². The highest BCUT2D eigenvalue weighted by atomic mass is 16.2. The van der Waals surface area contributed by atoms with Crippen molar-refractivity contribution in [1.29, 1.82) is 0 Å². The highest BCUT2D eigenvalue weighted by molar-refractivity contribution is 6.11. The summed E-state index contributed by atoms with van der Waals surface area (Å²) in [6, 6.07) is 23.0. The highest BCUT2D eigenvalue weighted by Gasteiger charge is 2.26. The number of benzene rings is 3. The second-order valence-electron chi connectivity index (χ2n) is 7.86. The van der Waals surface area contributed by atoms with E-state index in [0.29, 0.717) is 12.1 Å². The Hall–Kier alpha value is -3.86. The van der Waals surface area contributed by atoms with Crippen LogP contribution in [0, 0.1) is 0 Å². The molecule has 154 valence electrons. The third kappa shape index (κ3) is 3.48. The number of Topliss-reactive ketones (excluding diaryl/α,β-unsaturated/α-hetero) is 1. The molecule has 0 radical (unpaired) electrons. The number of amides is 1. The van der Waals surface area contributed by atoms with Crippen molar-refractivity contribution < 1.29 is 9.59 Å². The zero-order valence-corrected chi connectivity index (χ0v) is 17.3. The number of ketones is 1. The van der Waals surface area contributed by atoms with Crippen LogP contribution in [0.2, 0.25) is 0 Å². The van der Waals surface area contributed by atoms with Crippen LogP contribution in [0.4, 0.5) is 11.4 Å². The number of fused-ring (bicyclic) bond motifs is 2. The minimum Gasteiger partial charge on any atom is -0.371 e. The lowest BCUT2D eigenvalue weighted by Gasteiger charge is -2.20. The average Bonchev–Trinajstić information content (AvgIpc) is 3.42. The summed E-state index contributed by atoms with van der Waals surface area (Å²) in [7, 11) is 0. The Morgan fingerprint density at radius 3 is 2.58 bits per heavy atom. The van der Waals surface area contributed by atoms with Crippen molar-refractivity contribution in [1.82, 2.24) is 4.98 Å². The van der Waals surface area contributed by atoms with Gasteiger partial charge in [-0.2, -0.15) is 0 Å². The second kappa shape index (κ2) is 7.76. The minimum absolute atomic E-state index is 0.00881. The summed E-state index contributed by atoms with van der Waals surface area (Å²) in [6.45, 7) is 2.29. The van der Waals surface area contributed by atoms with Crippen molar-refractivity contribution in [3.63, 3.8) is 0 Å². The van der Waals surface area contributed by atoms with Gasteiger partial charge in [0, 0.05) is 47.5 Å². The standard InChI is InChI=1S/C26H23N3O2/c1-17(30)29-14-13-19-15-20(11-12-24(19)29)28-25(18-7-3-2-4-8-18)26(31)22-16-27-23-10-6-5-9-21(22)23/h2-12,15-16,25,27-28H,13-14H2,1H3. The molecule has 3 aromatic carbocycles. The number of anilines is 2. The van der Waals surface area contributed by atoms with E-state index in [-0.39, 0.29) is 11.7 Å². The van der Waals surface area contributed by atoms with Crippen molar-refractivity contribution in [3.8, 4) is 0 Å². The first-order valence-electron chi connectivity index (χ1n) is 10.4. The van der Waals surface area contributed by atoms with Crippen LogP contribution in [0.5, 0.6) is 0 Å². The van der Waals surface area contributed by atoms with E-state index in [1.54, 1.807) is 18.0 Å². The van der Waals surface area contributed by atoms with E-state index >= 15 is 0 Å². The molecule has 5 heteroatoms. The molecule has 5 rings (SSSR count). The molecular formula is C26H23N3O2. The van der Waals surface area contributed by atoms with Crippen LogP contribution >= 0.6 is 0 Å². The zero-order valence-electron chi connectivity index (χ0n) is 17.3. The Morgan fingerprint density at radius 1 is 1.00 bits per heavy atom. The predicted octanol–water partition coefficient (Wildman–Crippen LogP) is 5.11. The largest absolute Gasteiger partial charge is 0.371 e. The molecule has 31 heavy (non-hydrogen) atoms. The monoisotopic (exact) mass is 409 g/mol. The quantitative estimate of drug-likeness (QED) is 0.450. The molecule has 0 aliphatic carbocycles. The number of nitrogens with one attached hydrogen (secondary N) is 2. The molecule has 1 aromatic heterocycles. The third-order valence-corrected chi connectivity index (χ3v) is 5.92. The molecule has 0 saturated heterocycles. The van der Waals surface area contributed by atoms with Crippen LogP contribution in [0.1, 0.15) is 34.5 Å². The van der Waals surface area contributed by atoms with Gasteiger partial charge in [0.2, 0.25) is 5.91 Å². The maximum absolute atomic E-state index is 13.7. The lowest BCUT2D eigenvalue weighted by molar-refractivity contribution is -0.116. The van der Waals surface area contributed by atoms with Gasteiger partial charge in [-0.25, -0.2) is 0 Å². The van der Waals surface area contributed by atoms with Crippen LogP contribution in [-0.4, -0.2) is 23.2 Å². The van der Waals surface area contributed by atoms with Crippen molar-refractivity contribution in [2.24, 2.45) is 0 Å². The molecule has 1 amide bonds. The molecule has 5 nitrogen and oxygen atoms in total. The van der Waals surface area contributed by atoms with Gasteiger partial charge >= 0.3 is 0 Å². The Kier molecular flexibility index (Phi) is 4.79. The molecule has 0 fully saturated rings. The topological polar surface area (TPSA) is 65.2 Å². The predicted molar refractivity (Wildman–Crippen MR) is 124 cm³/mol. The molecule has 2 heterocycles. The summed E-state index contributed by atoms with van der Waals surface area (Å²) >= 11 is 0. The molecule has 0 spiro atoms. The van der Waals surface area contributed by atoms with Gasteiger partial charge in [0.15, 0.2) is 5.78 Å². The molecule has 1 unspecified atom stereocenters. The number of para-hydroxylation sites is 1. The van der Waals surface area contributed by atoms with Crippen molar-refractivity contribution in [2.75, 3.05) is 16.8 Å². The van der Waals surface area contributed by atoms with Gasteiger partial charge in [-0.1, -0.05) is 48.5 Å². The van der Waals surface area contributed by atoms with E-state index < -0.39 is 6.04 Å². The van der Waals surface area contributed by atoms with Gasteiger partial charge in [0.05, 0.1) is 0 Å². The lowest BCUT2D eigenvalue weighted by Crippen LogP contribution is -2.25. The van der Waals surface area contributed by atoms with Gasteiger partial charge in [-0.3, -0.25) is 9.59 Å². The van der Waals surface area contributed by atoms with E-state index in [1.807, 2.05) is 66.7 Å². The number of aromatic amines is 1. The maximum atomic E-state index is 13.7. The fourth-order valence-electron chi connectivity index (χ4n) is 4.36. The summed E-state index contributed by atoms with van der Waals surface area (Å²) in [4.78, 5) is 30.5. The molecule has 4 aromatic rings. The van der Waals surface area contributed by atoms with E-state index in [4.69, 9.17) is 0 Å². The molecule has 0 bridgehead atoms. The number of carbonyl (C=O) groups excluding carboxylic acids is 2. The van der Waals surface area contributed by atoms with Crippen molar-refractivity contribution in [3.05, 3.63) is 95.7 Å². The second-order valence-corrected chi connectivity index (χ2v) is 7.86. The summed E-state index contributed by atoms with van der Waals surface area (Å²) in [5.41, 5.74) is 5.46. The summed E-state index contributed by atoms with van der Waals surface area (Å²) in [5, 5.41) is 4.37. The Morgan fingerprint density at radius 2 is 1.77 bits per heavy atom. The van der Waals surface area contributed by atoms with Gasteiger partial charge in [0.1, 0.15) is 6.04 Å². The van der Waals surface area contributed by atoms with Crippen LogP contribution in [0.25, 0.3) is 10.9 Å². The molecule has 1 aliphatic heterocycles. The Balaban J connectivity index is 1.51. The first-order chi connectivity index (χ1) is 15.1. The first kappa shape index (κ1) is 19.1. The summed E-state index contributed by atoms with van der Waals surface area (Å²) in [5.74, 6) is 0.0608. The normalized spacial score (nSPS) is 13.8. The van der Waals surface area contributed by atoms with Crippen LogP contribution in [-0.2, 0) is 11.2 Å². The van der Waals surface area contributed by atoms with Gasteiger partial charge in [-0.15, -0.1) is 0 Å². The molecule has 1 atom stereocenters.